The molecule has 0 fully saturated rings. The Morgan fingerprint density at radius 3 is 2.55 bits per heavy atom. The molecule has 3 aromatic rings. The van der Waals surface area contributed by atoms with Gasteiger partial charge in [0.1, 0.15) is 5.75 Å². The van der Waals surface area contributed by atoms with E-state index in [-0.39, 0.29) is 11.9 Å². The maximum Gasteiger partial charge on any atom is 0.220 e. The molecule has 1 amide bonds. The highest BCUT2D eigenvalue weighted by Gasteiger charge is 2.15. The van der Waals surface area contributed by atoms with Gasteiger partial charge in [-0.05, 0) is 81.9 Å². The van der Waals surface area contributed by atoms with Gasteiger partial charge in [0.05, 0.1) is 7.11 Å². The third kappa shape index (κ3) is 5.39. The fraction of sp³-hybridized carbons (Fsp3) is 0.375. The van der Waals surface area contributed by atoms with E-state index in [4.69, 9.17) is 4.74 Å². The van der Waals surface area contributed by atoms with Crippen molar-refractivity contribution < 1.29 is 9.53 Å². The monoisotopic (exact) mass is 393 g/mol. The zero-order valence-corrected chi connectivity index (χ0v) is 17.8. The van der Waals surface area contributed by atoms with Crippen LogP contribution in [0.3, 0.4) is 0 Å². The van der Waals surface area contributed by atoms with Crippen molar-refractivity contribution in [3.8, 4) is 17.0 Å². The molecule has 0 aliphatic heterocycles. The zero-order valence-electron chi connectivity index (χ0n) is 17.8. The summed E-state index contributed by atoms with van der Waals surface area (Å²) < 4.78 is 5.28. The predicted octanol–water partition coefficient (Wildman–Crippen LogP) is 4.23. The third-order valence-corrected chi connectivity index (χ3v) is 5.21. The van der Waals surface area contributed by atoms with Crippen molar-refractivity contribution in [1.29, 1.82) is 0 Å². The second kappa shape index (κ2) is 9.61. The van der Waals surface area contributed by atoms with E-state index >= 15 is 0 Å². The molecule has 5 nitrogen and oxygen atoms in total. The van der Waals surface area contributed by atoms with Crippen molar-refractivity contribution in [3.05, 3.63) is 54.1 Å². The van der Waals surface area contributed by atoms with Crippen LogP contribution in [0.15, 0.2) is 48.5 Å². The highest BCUT2D eigenvalue weighted by Crippen LogP contribution is 2.32. The minimum Gasteiger partial charge on any atom is -0.497 e. The topological polar surface area (TPSA) is 57.4 Å². The molecular weight excluding hydrogens is 362 g/mol. The first kappa shape index (κ1) is 20.9. The van der Waals surface area contributed by atoms with Crippen LogP contribution in [0.2, 0.25) is 0 Å². The van der Waals surface area contributed by atoms with Crippen LogP contribution in [0.1, 0.15) is 25.3 Å². The number of carbonyl (C=O) groups is 1. The smallest absolute Gasteiger partial charge is 0.220 e. The first-order chi connectivity index (χ1) is 14.0. The van der Waals surface area contributed by atoms with Crippen molar-refractivity contribution in [2.45, 2.75) is 32.2 Å². The van der Waals surface area contributed by atoms with E-state index in [1.54, 1.807) is 7.11 Å². The number of amides is 1. The van der Waals surface area contributed by atoms with Gasteiger partial charge in [0.15, 0.2) is 0 Å². The van der Waals surface area contributed by atoms with Crippen LogP contribution < -0.4 is 10.1 Å². The second-order valence-corrected chi connectivity index (χ2v) is 7.81. The van der Waals surface area contributed by atoms with Gasteiger partial charge < -0.3 is 19.9 Å². The molecule has 2 aromatic carbocycles. The molecule has 0 aliphatic carbocycles. The number of hydrogen-bond donors (Lipinski definition) is 2. The van der Waals surface area contributed by atoms with Gasteiger partial charge in [-0.1, -0.05) is 18.2 Å². The largest absolute Gasteiger partial charge is 0.497 e. The molecule has 1 aromatic heterocycles. The van der Waals surface area contributed by atoms with Crippen LogP contribution in [0, 0.1) is 0 Å². The first-order valence-corrected chi connectivity index (χ1v) is 10.2. The maximum absolute atomic E-state index is 12.5. The minimum absolute atomic E-state index is 0.0993. The van der Waals surface area contributed by atoms with Crippen molar-refractivity contribution in [2.75, 3.05) is 27.7 Å². The van der Waals surface area contributed by atoms with Crippen LogP contribution >= 0.6 is 0 Å². The SMILES string of the molecule is COc1ccc(-c2[nH]c3ccccc3c2CCC(=O)N[C@H](C)CCN(C)C)cc1. The molecule has 0 spiro atoms. The van der Waals surface area contributed by atoms with Gasteiger partial charge in [0.25, 0.3) is 0 Å². The Kier molecular flexibility index (Phi) is 6.94. The molecule has 1 atom stereocenters. The van der Waals surface area contributed by atoms with Crippen molar-refractivity contribution in [3.63, 3.8) is 0 Å². The normalized spacial score (nSPS) is 12.3. The number of methoxy groups -OCH3 is 1. The van der Waals surface area contributed by atoms with Gasteiger partial charge in [0.2, 0.25) is 5.91 Å². The van der Waals surface area contributed by atoms with Crippen molar-refractivity contribution in [2.24, 2.45) is 0 Å². The number of H-pyrrole nitrogens is 1. The summed E-state index contributed by atoms with van der Waals surface area (Å²) in [5.74, 6) is 0.930. The number of ether oxygens (including phenoxy) is 1. The van der Waals surface area contributed by atoms with E-state index in [1.807, 2.05) is 38.4 Å². The molecule has 0 saturated carbocycles. The number of aryl methyl sites for hydroxylation is 1. The lowest BCUT2D eigenvalue weighted by Gasteiger charge is -2.16. The Morgan fingerprint density at radius 2 is 1.86 bits per heavy atom. The Bertz CT molecular complexity index is 944. The number of nitrogens with zero attached hydrogens (tertiary/aromatic N) is 1. The number of benzene rings is 2. The third-order valence-electron chi connectivity index (χ3n) is 5.21. The van der Waals surface area contributed by atoms with Gasteiger partial charge in [-0.15, -0.1) is 0 Å². The van der Waals surface area contributed by atoms with Gasteiger partial charge in [0, 0.05) is 29.1 Å². The Balaban J connectivity index is 1.76. The number of nitrogens with one attached hydrogen (secondary N) is 2. The van der Waals surface area contributed by atoms with Crippen LogP contribution in [0.25, 0.3) is 22.2 Å². The summed E-state index contributed by atoms with van der Waals surface area (Å²) in [6.45, 7) is 3.03. The van der Waals surface area contributed by atoms with Gasteiger partial charge in [-0.3, -0.25) is 4.79 Å². The standard InChI is InChI=1S/C24H31N3O2/c1-17(15-16-27(2)3)25-23(28)14-13-21-20-7-5-6-8-22(20)26-24(21)18-9-11-19(29-4)12-10-18/h5-12,17,26H,13-16H2,1-4H3,(H,25,28)/t17-/m1/s1. The Hall–Kier alpha value is -2.79. The minimum atomic E-state index is 0.0993. The van der Waals surface area contributed by atoms with Crippen LogP contribution in [0.5, 0.6) is 5.75 Å². The predicted molar refractivity (Wildman–Crippen MR) is 119 cm³/mol. The van der Waals surface area contributed by atoms with Gasteiger partial charge in [-0.2, -0.15) is 0 Å². The Morgan fingerprint density at radius 1 is 1.14 bits per heavy atom. The fourth-order valence-electron chi connectivity index (χ4n) is 3.57. The average molecular weight is 394 g/mol. The summed E-state index contributed by atoms with van der Waals surface area (Å²) in [4.78, 5) is 18.2. The van der Waals surface area contributed by atoms with Crippen LogP contribution in [-0.4, -0.2) is 49.6 Å². The summed E-state index contributed by atoms with van der Waals surface area (Å²) >= 11 is 0. The highest BCUT2D eigenvalue weighted by molar-refractivity contribution is 5.91. The Labute approximate surface area is 173 Å². The molecule has 0 unspecified atom stereocenters. The summed E-state index contributed by atoms with van der Waals surface area (Å²) in [6, 6.07) is 16.5. The average Bonchev–Trinajstić information content (AvgIpc) is 3.09. The van der Waals surface area contributed by atoms with E-state index in [9.17, 15) is 4.79 Å². The maximum atomic E-state index is 12.5. The summed E-state index contributed by atoms with van der Waals surface area (Å²) in [6.07, 6.45) is 2.11. The molecule has 0 radical (unpaired) electrons. The van der Waals surface area contributed by atoms with Gasteiger partial charge in [-0.25, -0.2) is 0 Å². The molecule has 29 heavy (non-hydrogen) atoms. The molecular formula is C24H31N3O2. The quantitative estimate of drug-likeness (QED) is 0.572. The number of rotatable bonds is 9. The molecule has 154 valence electrons. The molecule has 5 heteroatoms. The lowest BCUT2D eigenvalue weighted by atomic mass is 10.0. The molecule has 0 bridgehead atoms. The van der Waals surface area contributed by atoms with E-state index < -0.39 is 0 Å². The van der Waals surface area contributed by atoms with Crippen molar-refractivity contribution in [1.82, 2.24) is 15.2 Å². The number of aromatic nitrogens is 1. The molecule has 3 rings (SSSR count). The number of fused-ring (bicyclic) bond motifs is 1. The molecule has 0 saturated heterocycles. The van der Waals surface area contributed by atoms with Crippen LogP contribution in [-0.2, 0) is 11.2 Å². The molecule has 1 heterocycles. The summed E-state index contributed by atoms with van der Waals surface area (Å²) in [7, 11) is 5.76. The lowest BCUT2D eigenvalue weighted by Crippen LogP contribution is -2.34. The first-order valence-electron chi connectivity index (χ1n) is 10.2. The molecule has 0 aliphatic rings. The van der Waals surface area contributed by atoms with Gasteiger partial charge >= 0.3 is 0 Å². The van der Waals surface area contributed by atoms with Crippen molar-refractivity contribution >= 4 is 16.8 Å². The van der Waals surface area contributed by atoms with E-state index in [0.29, 0.717) is 12.8 Å². The highest BCUT2D eigenvalue weighted by atomic mass is 16.5. The van der Waals surface area contributed by atoms with E-state index in [2.05, 4.69) is 46.4 Å². The zero-order chi connectivity index (χ0) is 20.8. The summed E-state index contributed by atoms with van der Waals surface area (Å²) in [5, 5.41) is 4.30. The second-order valence-electron chi connectivity index (χ2n) is 7.81. The van der Waals surface area contributed by atoms with Crippen LogP contribution in [0.4, 0.5) is 0 Å². The number of hydrogen-bond acceptors (Lipinski definition) is 3. The van der Waals surface area contributed by atoms with E-state index in [0.717, 1.165) is 35.5 Å². The number of aromatic amines is 1. The van der Waals surface area contributed by atoms with E-state index in [1.165, 1.54) is 10.9 Å². The number of carbonyl (C=O) groups excluding carboxylic acids is 1. The summed E-state index contributed by atoms with van der Waals surface area (Å²) in [5.41, 5.74) is 4.44. The fourth-order valence-corrected chi connectivity index (χ4v) is 3.57. The number of para-hydroxylation sites is 1. The lowest BCUT2D eigenvalue weighted by molar-refractivity contribution is -0.121. The molecule has 2 N–H and O–H groups in total.